The number of hydrazine groups is 1. The summed E-state index contributed by atoms with van der Waals surface area (Å²) in [5.74, 6) is -0.480. The van der Waals surface area contributed by atoms with Gasteiger partial charge in [0.2, 0.25) is 0 Å². The smallest absolute Gasteiger partial charge is 0.250 e. The number of nitrogens with one attached hydrogen (secondary N) is 1. The van der Waals surface area contributed by atoms with Crippen molar-refractivity contribution in [2.75, 3.05) is 26.8 Å². The van der Waals surface area contributed by atoms with Crippen LogP contribution in [-0.2, 0) is 10.2 Å². The third-order valence-corrected chi connectivity index (χ3v) is 5.37. The van der Waals surface area contributed by atoms with Crippen molar-refractivity contribution in [1.29, 1.82) is 0 Å². The number of hydrogen-bond acceptors (Lipinski definition) is 6. The van der Waals surface area contributed by atoms with E-state index < -0.39 is 11.3 Å². The lowest BCUT2D eigenvalue weighted by molar-refractivity contribution is 0.0998. The molecule has 7 heteroatoms. The maximum absolute atomic E-state index is 12.3. The van der Waals surface area contributed by atoms with Crippen LogP contribution < -0.4 is 11.2 Å². The molecule has 4 rings (SSSR count). The number of ether oxygens (including phenoxy) is 1. The Balaban J connectivity index is 1.88. The molecule has 3 N–H and O–H groups in total. The van der Waals surface area contributed by atoms with Gasteiger partial charge in [-0.15, -0.1) is 0 Å². The highest BCUT2D eigenvalue weighted by Crippen LogP contribution is 2.44. The summed E-state index contributed by atoms with van der Waals surface area (Å²) >= 11 is 0. The van der Waals surface area contributed by atoms with E-state index in [0.29, 0.717) is 18.7 Å². The molecule has 0 saturated heterocycles. The van der Waals surface area contributed by atoms with E-state index in [4.69, 9.17) is 10.5 Å². The van der Waals surface area contributed by atoms with Crippen molar-refractivity contribution in [3.8, 4) is 0 Å². The maximum atomic E-state index is 12.3. The number of hydrogen-bond donors (Lipinski definition) is 2. The summed E-state index contributed by atoms with van der Waals surface area (Å²) in [5.41, 5.74) is 11.8. The largest absolute Gasteiger partial charge is 0.383 e. The van der Waals surface area contributed by atoms with Gasteiger partial charge in [-0.3, -0.25) is 14.8 Å². The molecule has 3 heterocycles. The molecule has 1 unspecified atom stereocenters. The molecule has 1 aliphatic heterocycles. The summed E-state index contributed by atoms with van der Waals surface area (Å²) in [6.45, 7) is 2.11. The molecule has 0 bridgehead atoms. The lowest BCUT2D eigenvalue weighted by Crippen LogP contribution is -2.36. The van der Waals surface area contributed by atoms with Crippen molar-refractivity contribution in [1.82, 2.24) is 20.4 Å². The summed E-state index contributed by atoms with van der Waals surface area (Å²) < 4.78 is 5.20. The molecule has 0 saturated carbocycles. The van der Waals surface area contributed by atoms with Crippen LogP contribution in [0.25, 0.3) is 10.9 Å². The van der Waals surface area contributed by atoms with Crippen LogP contribution in [0.1, 0.15) is 22.3 Å². The van der Waals surface area contributed by atoms with E-state index in [1.54, 1.807) is 25.7 Å². The molecule has 0 spiro atoms. The summed E-state index contributed by atoms with van der Waals surface area (Å²) in [6.07, 6.45) is 16.1. The Labute approximate surface area is 163 Å². The molecule has 0 radical (unpaired) electrons. The van der Waals surface area contributed by atoms with E-state index in [1.807, 2.05) is 24.4 Å². The van der Waals surface area contributed by atoms with Gasteiger partial charge in [0, 0.05) is 49.6 Å². The third kappa shape index (κ3) is 3.08. The molecule has 28 heavy (non-hydrogen) atoms. The second-order valence-corrected chi connectivity index (χ2v) is 6.98. The van der Waals surface area contributed by atoms with Gasteiger partial charge in [0.1, 0.15) is 0 Å². The minimum absolute atomic E-state index is 0.440. The van der Waals surface area contributed by atoms with Crippen LogP contribution in [0.5, 0.6) is 0 Å². The molecule has 2 aromatic heterocycles. The molecule has 1 amide bonds. The average Bonchev–Trinajstić information content (AvgIpc) is 3.21. The van der Waals surface area contributed by atoms with Gasteiger partial charge in [-0.2, -0.15) is 0 Å². The van der Waals surface area contributed by atoms with Crippen LogP contribution in [0.4, 0.5) is 0 Å². The quantitative estimate of drug-likeness (QED) is 0.798. The SMILES string of the molecule is COCCN1CC(C2(c3c(C(N)=O)cnc4cnccc34)C=CC=CC2)=CN1. The number of pyridine rings is 2. The highest BCUT2D eigenvalue weighted by molar-refractivity contribution is 6.00. The van der Waals surface area contributed by atoms with Crippen LogP contribution in [0.2, 0.25) is 0 Å². The molecule has 1 aliphatic carbocycles. The van der Waals surface area contributed by atoms with E-state index in [0.717, 1.165) is 35.0 Å². The number of nitrogens with zero attached hydrogens (tertiary/aromatic N) is 3. The molecule has 0 aromatic carbocycles. The second-order valence-electron chi connectivity index (χ2n) is 6.98. The number of methoxy groups -OCH3 is 1. The molecular weight excluding hydrogens is 354 g/mol. The number of rotatable bonds is 6. The van der Waals surface area contributed by atoms with Crippen molar-refractivity contribution in [3.63, 3.8) is 0 Å². The zero-order valence-electron chi connectivity index (χ0n) is 15.8. The lowest BCUT2D eigenvalue weighted by atomic mass is 9.68. The van der Waals surface area contributed by atoms with E-state index in [-0.39, 0.29) is 0 Å². The van der Waals surface area contributed by atoms with Gasteiger partial charge < -0.3 is 15.9 Å². The Morgan fingerprint density at radius 3 is 3.04 bits per heavy atom. The Kier molecular flexibility index (Phi) is 4.93. The zero-order chi connectivity index (χ0) is 19.6. The second kappa shape index (κ2) is 7.53. The number of primary amides is 1. The molecule has 1 atom stereocenters. The van der Waals surface area contributed by atoms with Crippen LogP contribution >= 0.6 is 0 Å². The van der Waals surface area contributed by atoms with Crippen LogP contribution in [0.15, 0.2) is 60.7 Å². The number of amides is 1. The molecule has 2 aliphatic rings. The summed E-state index contributed by atoms with van der Waals surface area (Å²) in [7, 11) is 1.69. The number of carbonyl (C=O) groups is 1. The Morgan fingerprint density at radius 2 is 2.29 bits per heavy atom. The van der Waals surface area contributed by atoms with Gasteiger partial charge in [-0.25, -0.2) is 5.01 Å². The standard InChI is InChI=1S/C21H23N5O2/c1-28-10-9-26-14-15(11-25-26)21(6-3-2-4-7-21)19-16-5-8-23-13-18(16)24-12-17(19)20(22)27/h2-6,8,11-13,25H,7,9-10,14H2,1H3,(H2,22,27). The first-order chi connectivity index (χ1) is 13.7. The highest BCUT2D eigenvalue weighted by atomic mass is 16.5. The fraction of sp³-hybridized carbons (Fsp3) is 0.286. The van der Waals surface area contributed by atoms with Gasteiger partial charge in [0.05, 0.1) is 23.9 Å². The van der Waals surface area contributed by atoms with Gasteiger partial charge in [0.15, 0.2) is 0 Å². The Hall–Kier alpha value is -3.03. The maximum Gasteiger partial charge on any atom is 0.250 e. The van der Waals surface area contributed by atoms with Gasteiger partial charge in [-0.1, -0.05) is 24.3 Å². The van der Waals surface area contributed by atoms with Crippen LogP contribution in [-0.4, -0.2) is 47.7 Å². The Bertz CT molecular complexity index is 997. The first-order valence-corrected chi connectivity index (χ1v) is 9.22. The predicted molar refractivity (Wildman–Crippen MR) is 107 cm³/mol. The minimum atomic E-state index is -0.490. The normalized spacial score (nSPS) is 21.7. The van der Waals surface area contributed by atoms with Crippen LogP contribution in [0, 0.1) is 0 Å². The number of fused-ring (bicyclic) bond motifs is 1. The molecule has 2 aromatic rings. The summed E-state index contributed by atoms with van der Waals surface area (Å²) in [6, 6.07) is 1.91. The van der Waals surface area contributed by atoms with Gasteiger partial charge >= 0.3 is 0 Å². The lowest BCUT2D eigenvalue weighted by Gasteiger charge is -2.35. The molecule has 144 valence electrons. The van der Waals surface area contributed by atoms with E-state index in [2.05, 4.69) is 32.6 Å². The van der Waals surface area contributed by atoms with Gasteiger partial charge in [-0.05, 0) is 23.6 Å². The van der Waals surface area contributed by atoms with Crippen molar-refractivity contribution in [2.45, 2.75) is 11.8 Å². The number of allylic oxidation sites excluding steroid dienone is 4. The van der Waals surface area contributed by atoms with Crippen molar-refractivity contribution in [2.24, 2.45) is 5.73 Å². The van der Waals surface area contributed by atoms with E-state index in [9.17, 15) is 4.79 Å². The first-order valence-electron chi connectivity index (χ1n) is 9.22. The zero-order valence-corrected chi connectivity index (χ0v) is 15.8. The third-order valence-electron chi connectivity index (χ3n) is 5.37. The molecular formula is C21H23N5O2. The van der Waals surface area contributed by atoms with Crippen molar-refractivity contribution < 1.29 is 9.53 Å². The highest BCUT2D eigenvalue weighted by Gasteiger charge is 2.40. The number of carbonyl (C=O) groups excluding carboxylic acids is 1. The Morgan fingerprint density at radius 1 is 1.39 bits per heavy atom. The predicted octanol–water partition coefficient (Wildman–Crippen LogP) is 1.83. The first kappa shape index (κ1) is 18.3. The van der Waals surface area contributed by atoms with Crippen molar-refractivity contribution >= 4 is 16.8 Å². The van der Waals surface area contributed by atoms with Crippen LogP contribution in [0.3, 0.4) is 0 Å². The molecule has 7 nitrogen and oxygen atoms in total. The minimum Gasteiger partial charge on any atom is -0.383 e. The topological polar surface area (TPSA) is 93.4 Å². The molecule has 0 fully saturated rings. The van der Waals surface area contributed by atoms with E-state index in [1.165, 1.54) is 0 Å². The number of nitrogens with two attached hydrogens (primary N) is 1. The monoisotopic (exact) mass is 377 g/mol. The fourth-order valence-corrected chi connectivity index (χ4v) is 4.00. The van der Waals surface area contributed by atoms with Gasteiger partial charge in [0.25, 0.3) is 5.91 Å². The van der Waals surface area contributed by atoms with E-state index >= 15 is 0 Å². The fourth-order valence-electron chi connectivity index (χ4n) is 4.00. The summed E-state index contributed by atoms with van der Waals surface area (Å²) in [4.78, 5) is 20.9. The van der Waals surface area contributed by atoms with Crippen molar-refractivity contribution in [3.05, 3.63) is 71.9 Å². The summed E-state index contributed by atoms with van der Waals surface area (Å²) in [5, 5.41) is 2.99. The average molecular weight is 377 g/mol. The number of aromatic nitrogens is 2.